The van der Waals surface area contributed by atoms with Gasteiger partial charge in [-0.25, -0.2) is 0 Å². The Kier molecular flexibility index (Phi) is 3.29. The van der Waals surface area contributed by atoms with Crippen molar-refractivity contribution in [3.63, 3.8) is 0 Å². The molecule has 0 saturated heterocycles. The summed E-state index contributed by atoms with van der Waals surface area (Å²) in [6.07, 6.45) is 1.46. The van der Waals surface area contributed by atoms with E-state index in [4.69, 9.17) is 11.6 Å². The Morgan fingerprint density at radius 1 is 1.67 bits per heavy atom. The monoisotopic (exact) mass is 202 g/mol. The van der Waals surface area contributed by atoms with E-state index in [0.717, 1.165) is 16.3 Å². The molecule has 0 fully saturated rings. The van der Waals surface area contributed by atoms with E-state index in [0.29, 0.717) is 6.42 Å². The van der Waals surface area contributed by atoms with E-state index in [9.17, 15) is 4.79 Å². The van der Waals surface area contributed by atoms with Gasteiger partial charge in [-0.2, -0.15) is 0 Å². The fraction of sp³-hybridized carbons (Fsp3) is 0.444. The molecular formula is C9H11ClOS. The maximum Gasteiger partial charge on any atom is 0.135 e. The molecule has 0 bridgehead atoms. The Bertz CT molecular complexity index is 291. The third kappa shape index (κ3) is 2.32. The van der Waals surface area contributed by atoms with Crippen molar-refractivity contribution in [3.05, 3.63) is 20.8 Å². The first-order chi connectivity index (χ1) is 5.63. The molecule has 66 valence electrons. The summed E-state index contributed by atoms with van der Waals surface area (Å²) in [5.74, 6) is 0.190. The van der Waals surface area contributed by atoms with Gasteiger partial charge in [-0.15, -0.1) is 11.3 Å². The molecule has 0 N–H and O–H groups in total. The van der Waals surface area contributed by atoms with E-state index < -0.39 is 0 Å². The van der Waals surface area contributed by atoms with Gasteiger partial charge < -0.3 is 0 Å². The van der Waals surface area contributed by atoms with E-state index in [-0.39, 0.29) is 5.78 Å². The van der Waals surface area contributed by atoms with Crippen LogP contribution in [0.25, 0.3) is 0 Å². The highest BCUT2D eigenvalue weighted by molar-refractivity contribution is 7.12. The van der Waals surface area contributed by atoms with Gasteiger partial charge >= 0.3 is 0 Å². The van der Waals surface area contributed by atoms with Gasteiger partial charge in [0.15, 0.2) is 0 Å². The zero-order chi connectivity index (χ0) is 9.14. The lowest BCUT2D eigenvalue weighted by Gasteiger charge is -1.88. The quantitative estimate of drug-likeness (QED) is 0.736. The summed E-state index contributed by atoms with van der Waals surface area (Å²) in [6.45, 7) is 3.66. The van der Waals surface area contributed by atoms with Crippen LogP contribution in [0.5, 0.6) is 0 Å². The van der Waals surface area contributed by atoms with Crippen LogP contribution in [0.4, 0.5) is 0 Å². The number of thiophene rings is 1. The Hall–Kier alpha value is -0.340. The van der Waals surface area contributed by atoms with Crippen molar-refractivity contribution in [2.45, 2.75) is 26.7 Å². The molecule has 0 amide bonds. The van der Waals surface area contributed by atoms with Crippen LogP contribution in [-0.4, -0.2) is 5.78 Å². The minimum atomic E-state index is 0.190. The van der Waals surface area contributed by atoms with Gasteiger partial charge in [-0.3, -0.25) is 4.79 Å². The molecule has 1 aromatic heterocycles. The highest BCUT2D eigenvalue weighted by atomic mass is 35.5. The molecule has 1 heterocycles. The Labute approximate surface area is 81.4 Å². The third-order valence-electron chi connectivity index (χ3n) is 1.55. The molecule has 0 atom stereocenters. The zero-order valence-corrected chi connectivity index (χ0v) is 8.76. The maximum atomic E-state index is 10.8. The summed E-state index contributed by atoms with van der Waals surface area (Å²) in [7, 11) is 0. The number of aryl methyl sites for hydroxylation is 1. The molecule has 3 heteroatoms. The van der Waals surface area contributed by atoms with Crippen molar-refractivity contribution in [1.29, 1.82) is 0 Å². The first-order valence-electron chi connectivity index (χ1n) is 3.90. The summed E-state index contributed by atoms with van der Waals surface area (Å²) >= 11 is 7.56. The van der Waals surface area contributed by atoms with Gasteiger partial charge in [0.05, 0.1) is 5.02 Å². The van der Waals surface area contributed by atoms with Crippen molar-refractivity contribution in [2.24, 2.45) is 0 Å². The molecule has 0 aliphatic rings. The first kappa shape index (κ1) is 9.75. The van der Waals surface area contributed by atoms with Crippen molar-refractivity contribution < 1.29 is 4.79 Å². The van der Waals surface area contributed by atoms with Crippen molar-refractivity contribution in [1.82, 2.24) is 0 Å². The van der Waals surface area contributed by atoms with E-state index in [1.807, 2.05) is 6.07 Å². The standard InChI is InChI=1S/C9H11ClOS/c1-3-9-8(10)5-7(12-9)4-6(2)11/h5H,3-4H2,1-2H3. The average molecular weight is 203 g/mol. The second-order valence-corrected chi connectivity index (χ2v) is 4.34. The van der Waals surface area contributed by atoms with Crippen LogP contribution < -0.4 is 0 Å². The van der Waals surface area contributed by atoms with Crippen molar-refractivity contribution in [3.8, 4) is 0 Å². The minimum absolute atomic E-state index is 0.190. The van der Waals surface area contributed by atoms with Crippen LogP contribution in [0.15, 0.2) is 6.07 Å². The van der Waals surface area contributed by atoms with E-state index >= 15 is 0 Å². The van der Waals surface area contributed by atoms with Crippen LogP contribution in [0, 0.1) is 0 Å². The van der Waals surface area contributed by atoms with E-state index in [1.165, 1.54) is 4.88 Å². The summed E-state index contributed by atoms with van der Waals surface area (Å²) in [5.41, 5.74) is 0. The van der Waals surface area contributed by atoms with Crippen LogP contribution in [0.1, 0.15) is 23.6 Å². The smallest absolute Gasteiger partial charge is 0.135 e. The number of Topliss-reactive ketones (excluding diaryl/α,β-unsaturated/α-hetero) is 1. The molecular weight excluding hydrogens is 192 g/mol. The van der Waals surface area contributed by atoms with Crippen molar-refractivity contribution >= 4 is 28.7 Å². The Balaban J connectivity index is 2.82. The fourth-order valence-corrected chi connectivity index (χ4v) is 2.55. The van der Waals surface area contributed by atoms with E-state index in [2.05, 4.69) is 6.92 Å². The number of halogens is 1. The zero-order valence-electron chi connectivity index (χ0n) is 7.19. The number of ketones is 1. The highest BCUT2D eigenvalue weighted by Gasteiger charge is 2.06. The fourth-order valence-electron chi connectivity index (χ4n) is 1.03. The molecule has 0 spiro atoms. The van der Waals surface area contributed by atoms with Gasteiger partial charge in [0.1, 0.15) is 5.78 Å². The largest absolute Gasteiger partial charge is 0.300 e. The Morgan fingerprint density at radius 2 is 2.33 bits per heavy atom. The third-order valence-corrected chi connectivity index (χ3v) is 3.28. The van der Waals surface area contributed by atoms with Gasteiger partial charge in [0.2, 0.25) is 0 Å². The molecule has 0 radical (unpaired) electrons. The van der Waals surface area contributed by atoms with E-state index in [1.54, 1.807) is 18.3 Å². The summed E-state index contributed by atoms with van der Waals surface area (Å²) in [5, 5.41) is 0.804. The number of carbonyl (C=O) groups excluding carboxylic acids is 1. The predicted octanol–water partition coefficient (Wildman–Crippen LogP) is 3.10. The number of hydrogen-bond acceptors (Lipinski definition) is 2. The van der Waals surface area contributed by atoms with Crippen LogP contribution in [-0.2, 0) is 17.6 Å². The highest BCUT2D eigenvalue weighted by Crippen LogP contribution is 2.27. The molecule has 0 aromatic carbocycles. The van der Waals surface area contributed by atoms with Crippen LogP contribution >= 0.6 is 22.9 Å². The maximum absolute atomic E-state index is 10.8. The first-order valence-corrected chi connectivity index (χ1v) is 5.09. The van der Waals surface area contributed by atoms with Crippen molar-refractivity contribution in [2.75, 3.05) is 0 Å². The second kappa shape index (κ2) is 4.06. The second-order valence-electron chi connectivity index (χ2n) is 2.72. The lowest BCUT2D eigenvalue weighted by molar-refractivity contribution is -0.116. The summed E-state index contributed by atoms with van der Waals surface area (Å²) in [4.78, 5) is 13.0. The minimum Gasteiger partial charge on any atom is -0.300 e. The molecule has 0 aliphatic heterocycles. The molecule has 1 nitrogen and oxygen atoms in total. The van der Waals surface area contributed by atoms with Gasteiger partial charge in [0, 0.05) is 16.2 Å². The number of hydrogen-bond donors (Lipinski definition) is 0. The average Bonchev–Trinajstić information content (AvgIpc) is 2.29. The SMILES string of the molecule is CCc1sc(CC(C)=O)cc1Cl. The predicted molar refractivity (Wildman–Crippen MR) is 53.1 cm³/mol. The lowest BCUT2D eigenvalue weighted by Crippen LogP contribution is -1.92. The molecule has 1 aromatic rings. The van der Waals surface area contributed by atoms with Crippen LogP contribution in [0.2, 0.25) is 5.02 Å². The molecule has 0 aliphatic carbocycles. The molecule has 1 rings (SSSR count). The number of carbonyl (C=O) groups is 1. The summed E-state index contributed by atoms with van der Waals surface area (Å²) in [6, 6.07) is 1.90. The molecule has 0 unspecified atom stereocenters. The van der Waals surface area contributed by atoms with Crippen LogP contribution in [0.3, 0.4) is 0 Å². The Morgan fingerprint density at radius 3 is 2.75 bits per heavy atom. The molecule has 0 saturated carbocycles. The molecule has 12 heavy (non-hydrogen) atoms. The van der Waals surface area contributed by atoms with Gasteiger partial charge in [0.25, 0.3) is 0 Å². The van der Waals surface area contributed by atoms with Gasteiger partial charge in [-0.1, -0.05) is 18.5 Å². The summed E-state index contributed by atoms with van der Waals surface area (Å²) < 4.78 is 0. The van der Waals surface area contributed by atoms with Gasteiger partial charge in [-0.05, 0) is 19.4 Å². The number of rotatable bonds is 3. The normalized spacial score (nSPS) is 10.2. The lowest BCUT2D eigenvalue weighted by atomic mass is 10.2. The topological polar surface area (TPSA) is 17.1 Å².